The number of aromatic nitrogens is 2. The average molecular weight is 444 g/mol. The lowest BCUT2D eigenvalue weighted by molar-refractivity contribution is 0.0187. The Hall–Kier alpha value is -2.81. The van der Waals surface area contributed by atoms with Gasteiger partial charge >= 0.3 is 0 Å². The van der Waals surface area contributed by atoms with Gasteiger partial charge in [0.1, 0.15) is 5.82 Å². The number of ether oxygens (including phenoxy) is 3. The van der Waals surface area contributed by atoms with Crippen LogP contribution in [0.3, 0.4) is 0 Å². The number of nitrogen functional groups attached to an aromatic ring is 1. The molecule has 2 heterocycles. The van der Waals surface area contributed by atoms with Crippen LogP contribution in [-0.2, 0) is 4.74 Å². The molecule has 1 aliphatic rings. The number of rotatable bonds is 7. The molecule has 0 radical (unpaired) electrons. The standard InChI is InChI=1S/C22H26ClN5O3/c1-29-19-11-15-17(12-20(19)30-2)26-22(27-21(15)24)25-13-18(28-7-9-31-10-8-28)14-5-3-4-6-16(14)23/h3-6,11-12,18H,7-10,13H2,1-2H3,(H3,24,25,26,27). The fraction of sp³-hybridized carbons (Fsp3) is 0.364. The molecule has 9 heteroatoms. The van der Waals surface area contributed by atoms with Gasteiger partial charge in [-0.15, -0.1) is 0 Å². The van der Waals surface area contributed by atoms with Crippen molar-refractivity contribution in [1.82, 2.24) is 14.9 Å². The first kappa shape index (κ1) is 21.4. The van der Waals surface area contributed by atoms with Crippen LogP contribution in [0.25, 0.3) is 10.9 Å². The Kier molecular flexibility index (Phi) is 6.60. The van der Waals surface area contributed by atoms with E-state index in [1.165, 1.54) is 0 Å². The zero-order valence-electron chi connectivity index (χ0n) is 17.6. The van der Waals surface area contributed by atoms with Crippen LogP contribution >= 0.6 is 11.6 Å². The number of nitrogens with zero attached hydrogens (tertiary/aromatic N) is 3. The summed E-state index contributed by atoms with van der Waals surface area (Å²) < 4.78 is 16.3. The number of anilines is 2. The van der Waals surface area contributed by atoms with Crippen LogP contribution in [0.2, 0.25) is 5.02 Å². The van der Waals surface area contributed by atoms with Gasteiger partial charge in [-0.1, -0.05) is 29.8 Å². The third-order valence-electron chi connectivity index (χ3n) is 5.43. The molecule has 0 bridgehead atoms. The minimum Gasteiger partial charge on any atom is -0.493 e. The van der Waals surface area contributed by atoms with Crippen LogP contribution in [0.5, 0.6) is 11.5 Å². The van der Waals surface area contributed by atoms with E-state index in [1.54, 1.807) is 26.4 Å². The summed E-state index contributed by atoms with van der Waals surface area (Å²) in [5.74, 6) is 1.98. The molecule has 1 aliphatic heterocycles. The van der Waals surface area contributed by atoms with Gasteiger partial charge in [0, 0.05) is 36.1 Å². The average Bonchev–Trinajstić information content (AvgIpc) is 2.80. The number of fused-ring (bicyclic) bond motifs is 1. The van der Waals surface area contributed by atoms with Gasteiger partial charge in [0.05, 0.1) is 39.0 Å². The molecule has 2 aromatic carbocycles. The molecule has 0 aliphatic carbocycles. The Balaban J connectivity index is 1.62. The van der Waals surface area contributed by atoms with Crippen molar-refractivity contribution in [3.8, 4) is 11.5 Å². The molecule has 1 fully saturated rings. The molecule has 4 rings (SSSR count). The van der Waals surface area contributed by atoms with Crippen molar-refractivity contribution < 1.29 is 14.2 Å². The van der Waals surface area contributed by atoms with E-state index in [4.69, 9.17) is 31.5 Å². The van der Waals surface area contributed by atoms with Crippen LogP contribution in [0.1, 0.15) is 11.6 Å². The van der Waals surface area contributed by atoms with Crippen molar-refractivity contribution in [1.29, 1.82) is 0 Å². The van der Waals surface area contributed by atoms with Gasteiger partial charge in [0.25, 0.3) is 0 Å². The molecular weight excluding hydrogens is 418 g/mol. The van der Waals surface area contributed by atoms with Gasteiger partial charge in [-0.3, -0.25) is 4.90 Å². The number of hydrogen-bond donors (Lipinski definition) is 2. The van der Waals surface area contributed by atoms with Crippen molar-refractivity contribution >= 4 is 34.3 Å². The highest BCUT2D eigenvalue weighted by Crippen LogP contribution is 2.34. The minimum atomic E-state index is 0.0449. The van der Waals surface area contributed by atoms with Crippen molar-refractivity contribution in [2.75, 3.05) is 58.1 Å². The second-order valence-corrected chi connectivity index (χ2v) is 7.63. The van der Waals surface area contributed by atoms with Gasteiger partial charge in [-0.2, -0.15) is 4.98 Å². The molecule has 31 heavy (non-hydrogen) atoms. The van der Waals surface area contributed by atoms with E-state index in [1.807, 2.05) is 18.2 Å². The molecule has 3 N–H and O–H groups in total. The second-order valence-electron chi connectivity index (χ2n) is 7.22. The van der Waals surface area contributed by atoms with Gasteiger partial charge < -0.3 is 25.3 Å². The molecule has 164 valence electrons. The van der Waals surface area contributed by atoms with Crippen LogP contribution < -0.4 is 20.5 Å². The number of methoxy groups -OCH3 is 2. The summed E-state index contributed by atoms with van der Waals surface area (Å²) in [7, 11) is 3.17. The van der Waals surface area contributed by atoms with Crippen molar-refractivity contribution in [3.63, 3.8) is 0 Å². The minimum absolute atomic E-state index is 0.0449. The molecule has 8 nitrogen and oxygen atoms in total. The summed E-state index contributed by atoms with van der Waals surface area (Å²) >= 11 is 6.52. The molecule has 0 saturated carbocycles. The van der Waals surface area contributed by atoms with Gasteiger partial charge in [-0.05, 0) is 17.7 Å². The smallest absolute Gasteiger partial charge is 0.225 e. The van der Waals surface area contributed by atoms with E-state index in [2.05, 4.69) is 26.3 Å². The number of nitrogens with two attached hydrogens (primary N) is 1. The normalized spacial score (nSPS) is 15.6. The van der Waals surface area contributed by atoms with Crippen molar-refractivity contribution in [3.05, 3.63) is 47.0 Å². The number of morpholine rings is 1. The third kappa shape index (κ3) is 4.61. The molecule has 0 amide bonds. The highest BCUT2D eigenvalue weighted by atomic mass is 35.5. The summed E-state index contributed by atoms with van der Waals surface area (Å²) in [4.78, 5) is 11.4. The van der Waals surface area contributed by atoms with E-state index in [9.17, 15) is 0 Å². The fourth-order valence-electron chi connectivity index (χ4n) is 3.82. The maximum absolute atomic E-state index is 6.52. The maximum Gasteiger partial charge on any atom is 0.225 e. The summed E-state index contributed by atoms with van der Waals surface area (Å²) in [6, 6.07) is 11.5. The van der Waals surface area contributed by atoms with E-state index >= 15 is 0 Å². The van der Waals surface area contributed by atoms with Gasteiger partial charge in [0.15, 0.2) is 11.5 Å². The summed E-state index contributed by atoms with van der Waals surface area (Å²) in [6.07, 6.45) is 0. The first-order chi connectivity index (χ1) is 15.1. The summed E-state index contributed by atoms with van der Waals surface area (Å²) in [5, 5.41) is 4.79. The number of nitrogens with one attached hydrogen (secondary N) is 1. The predicted octanol–water partition coefficient (Wildman–Crippen LogP) is 3.37. The monoisotopic (exact) mass is 443 g/mol. The first-order valence-corrected chi connectivity index (χ1v) is 10.5. The SMILES string of the molecule is COc1cc2nc(NCC(c3ccccc3Cl)N3CCOCC3)nc(N)c2cc1OC. The number of benzene rings is 2. The lowest BCUT2D eigenvalue weighted by Gasteiger charge is -2.35. The van der Waals surface area contributed by atoms with Gasteiger partial charge in [-0.25, -0.2) is 4.98 Å². The quantitative estimate of drug-likeness (QED) is 0.574. The Morgan fingerprint density at radius 2 is 1.84 bits per heavy atom. The maximum atomic E-state index is 6.52. The molecule has 1 aromatic heterocycles. The van der Waals surface area contributed by atoms with Crippen LogP contribution in [0.15, 0.2) is 36.4 Å². The van der Waals surface area contributed by atoms with Crippen molar-refractivity contribution in [2.24, 2.45) is 0 Å². The molecule has 1 saturated heterocycles. The lowest BCUT2D eigenvalue weighted by Crippen LogP contribution is -2.41. The van der Waals surface area contributed by atoms with Crippen molar-refractivity contribution in [2.45, 2.75) is 6.04 Å². The molecule has 0 spiro atoms. The zero-order chi connectivity index (χ0) is 21.8. The van der Waals surface area contributed by atoms with Crippen LogP contribution in [-0.4, -0.2) is 61.9 Å². The van der Waals surface area contributed by atoms with E-state index in [0.717, 1.165) is 23.7 Å². The summed E-state index contributed by atoms with van der Waals surface area (Å²) in [6.45, 7) is 3.62. The molecule has 1 atom stereocenters. The number of halogens is 1. The topological polar surface area (TPSA) is 94.8 Å². The predicted molar refractivity (Wildman–Crippen MR) is 122 cm³/mol. The molecular formula is C22H26ClN5O3. The Morgan fingerprint density at radius 3 is 2.55 bits per heavy atom. The fourth-order valence-corrected chi connectivity index (χ4v) is 4.08. The zero-order valence-corrected chi connectivity index (χ0v) is 18.4. The summed E-state index contributed by atoms with van der Waals surface area (Å²) in [5.41, 5.74) is 7.95. The van der Waals surface area contributed by atoms with E-state index < -0.39 is 0 Å². The highest BCUT2D eigenvalue weighted by molar-refractivity contribution is 6.31. The first-order valence-electron chi connectivity index (χ1n) is 10.1. The third-order valence-corrected chi connectivity index (χ3v) is 5.78. The second kappa shape index (κ2) is 9.55. The van der Waals surface area contributed by atoms with E-state index in [0.29, 0.717) is 53.9 Å². The Labute approximate surface area is 186 Å². The highest BCUT2D eigenvalue weighted by Gasteiger charge is 2.24. The Morgan fingerprint density at radius 1 is 1.13 bits per heavy atom. The largest absolute Gasteiger partial charge is 0.493 e. The molecule has 1 unspecified atom stereocenters. The Bertz CT molecular complexity index is 1060. The van der Waals surface area contributed by atoms with Crippen LogP contribution in [0, 0.1) is 0 Å². The van der Waals surface area contributed by atoms with Gasteiger partial charge in [0.2, 0.25) is 5.95 Å². The lowest BCUT2D eigenvalue weighted by atomic mass is 10.0. The molecule has 3 aromatic rings. The van der Waals surface area contributed by atoms with Crippen LogP contribution in [0.4, 0.5) is 11.8 Å². The number of hydrogen-bond acceptors (Lipinski definition) is 8. The van der Waals surface area contributed by atoms with E-state index in [-0.39, 0.29) is 6.04 Å².